The van der Waals surface area contributed by atoms with Crippen LogP contribution in [-0.4, -0.2) is 22.2 Å². The molecule has 0 bridgehead atoms. The van der Waals surface area contributed by atoms with E-state index >= 15 is 0 Å². The second kappa shape index (κ2) is 5.57. The third-order valence-corrected chi connectivity index (χ3v) is 3.83. The minimum atomic E-state index is -0.371. The molecule has 0 saturated heterocycles. The number of nitrogens with zero attached hydrogens (tertiary/aromatic N) is 2. The molecule has 2 aromatic rings. The van der Waals surface area contributed by atoms with E-state index in [-0.39, 0.29) is 17.4 Å². The Morgan fingerprint density at radius 1 is 1.47 bits per heavy atom. The van der Waals surface area contributed by atoms with Gasteiger partial charge in [-0.15, -0.1) is 11.3 Å². The molecule has 1 atom stereocenters. The topological polar surface area (TPSA) is 46.9 Å². The van der Waals surface area contributed by atoms with Gasteiger partial charge in [-0.05, 0) is 17.5 Å². The molecular formula is C14H19N3OS. The lowest BCUT2D eigenvalue weighted by Gasteiger charge is -2.21. The molecule has 2 heterocycles. The number of rotatable bonds is 4. The average Bonchev–Trinajstić information content (AvgIpc) is 3.00. The maximum absolute atomic E-state index is 12.0. The van der Waals surface area contributed by atoms with Crippen molar-refractivity contribution in [3.63, 3.8) is 0 Å². The van der Waals surface area contributed by atoms with Gasteiger partial charge in [0.1, 0.15) is 6.04 Å². The molecule has 0 aliphatic carbocycles. The summed E-state index contributed by atoms with van der Waals surface area (Å²) in [4.78, 5) is 13.2. The van der Waals surface area contributed by atoms with E-state index in [0.29, 0.717) is 6.54 Å². The van der Waals surface area contributed by atoms with Gasteiger partial charge in [-0.2, -0.15) is 5.10 Å². The minimum absolute atomic E-state index is 0.0567. The molecule has 1 amide bonds. The van der Waals surface area contributed by atoms with Crippen molar-refractivity contribution in [1.29, 1.82) is 0 Å². The number of nitrogens with one attached hydrogen (secondary N) is 1. The molecule has 0 aromatic carbocycles. The zero-order chi connectivity index (χ0) is 13.9. The fourth-order valence-electron chi connectivity index (χ4n) is 1.72. The second-order valence-corrected chi connectivity index (χ2v) is 6.46. The summed E-state index contributed by atoms with van der Waals surface area (Å²) in [6.45, 7) is 6.29. The molecule has 2 aromatic heterocycles. The van der Waals surface area contributed by atoms with Gasteiger partial charge in [0, 0.05) is 29.2 Å². The van der Waals surface area contributed by atoms with Crippen LogP contribution in [0.1, 0.15) is 31.7 Å². The van der Waals surface area contributed by atoms with E-state index in [1.165, 1.54) is 4.88 Å². The highest BCUT2D eigenvalue weighted by Crippen LogP contribution is 2.22. The molecule has 19 heavy (non-hydrogen) atoms. The van der Waals surface area contributed by atoms with Crippen molar-refractivity contribution in [1.82, 2.24) is 15.1 Å². The van der Waals surface area contributed by atoms with Crippen molar-refractivity contribution in [2.75, 3.05) is 6.54 Å². The van der Waals surface area contributed by atoms with E-state index in [4.69, 9.17) is 0 Å². The predicted molar refractivity (Wildman–Crippen MR) is 77.1 cm³/mol. The zero-order valence-electron chi connectivity index (χ0n) is 11.5. The number of hydrogen-bond donors (Lipinski definition) is 1. The van der Waals surface area contributed by atoms with Gasteiger partial charge in [0.15, 0.2) is 0 Å². The Hall–Kier alpha value is -1.62. The van der Waals surface area contributed by atoms with Gasteiger partial charge < -0.3 is 5.32 Å². The van der Waals surface area contributed by atoms with Crippen LogP contribution in [0.2, 0.25) is 0 Å². The van der Waals surface area contributed by atoms with E-state index in [9.17, 15) is 4.79 Å². The van der Waals surface area contributed by atoms with Crippen LogP contribution >= 0.6 is 11.3 Å². The molecule has 0 saturated carbocycles. The molecular weight excluding hydrogens is 258 g/mol. The van der Waals surface area contributed by atoms with Crippen LogP contribution < -0.4 is 5.32 Å². The largest absolute Gasteiger partial charge is 0.353 e. The monoisotopic (exact) mass is 277 g/mol. The van der Waals surface area contributed by atoms with Crippen LogP contribution in [0.5, 0.6) is 0 Å². The summed E-state index contributed by atoms with van der Waals surface area (Å²) in [5.74, 6) is 0.0567. The fourth-order valence-corrected chi connectivity index (χ4v) is 2.54. The van der Waals surface area contributed by atoms with Crippen molar-refractivity contribution in [2.45, 2.75) is 26.8 Å². The van der Waals surface area contributed by atoms with Gasteiger partial charge >= 0.3 is 0 Å². The number of carbonyl (C=O) groups excluding carboxylic acids is 1. The van der Waals surface area contributed by atoms with Crippen LogP contribution in [0.15, 0.2) is 36.0 Å². The number of amides is 1. The second-order valence-electron chi connectivity index (χ2n) is 5.48. The van der Waals surface area contributed by atoms with Gasteiger partial charge in [-0.25, -0.2) is 0 Å². The molecule has 1 N–H and O–H groups in total. The van der Waals surface area contributed by atoms with Crippen LogP contribution in [0, 0.1) is 5.41 Å². The van der Waals surface area contributed by atoms with Crippen LogP contribution in [-0.2, 0) is 4.79 Å². The maximum atomic E-state index is 12.0. The molecule has 0 aliphatic heterocycles. The summed E-state index contributed by atoms with van der Waals surface area (Å²) in [6, 6.07) is 6.04. The summed E-state index contributed by atoms with van der Waals surface area (Å²) in [5, 5.41) is 9.33. The first-order valence-electron chi connectivity index (χ1n) is 6.29. The smallest absolute Gasteiger partial charge is 0.225 e. The molecule has 0 fully saturated rings. The van der Waals surface area contributed by atoms with Crippen LogP contribution in [0.4, 0.5) is 0 Å². The highest BCUT2D eigenvalue weighted by atomic mass is 32.1. The minimum Gasteiger partial charge on any atom is -0.353 e. The van der Waals surface area contributed by atoms with Gasteiger partial charge in [-0.3, -0.25) is 9.48 Å². The first-order chi connectivity index (χ1) is 8.98. The van der Waals surface area contributed by atoms with Gasteiger partial charge in [-0.1, -0.05) is 26.8 Å². The fraction of sp³-hybridized carbons (Fsp3) is 0.429. The lowest BCUT2D eigenvalue weighted by Crippen LogP contribution is -2.38. The predicted octanol–water partition coefficient (Wildman–Crippen LogP) is 2.70. The summed E-state index contributed by atoms with van der Waals surface area (Å²) in [7, 11) is 0. The molecule has 0 radical (unpaired) electrons. The Labute approximate surface area is 117 Å². The molecule has 5 heteroatoms. The molecule has 1 unspecified atom stereocenters. The van der Waals surface area contributed by atoms with E-state index in [2.05, 4.69) is 16.5 Å². The van der Waals surface area contributed by atoms with Crippen molar-refractivity contribution in [3.05, 3.63) is 40.8 Å². The Balaban J connectivity index is 2.10. The standard InChI is InChI=1S/C14H19N3OS/c1-14(2,3)13(18)15-10-11(12-6-4-9-19-12)17-8-5-7-16-17/h4-9,11H,10H2,1-3H3,(H,15,18). The molecule has 4 nitrogen and oxygen atoms in total. The summed E-state index contributed by atoms with van der Waals surface area (Å²) < 4.78 is 1.88. The quantitative estimate of drug-likeness (QED) is 0.934. The summed E-state index contributed by atoms with van der Waals surface area (Å²) >= 11 is 1.68. The van der Waals surface area contributed by atoms with Gasteiger partial charge in [0.05, 0.1) is 0 Å². The van der Waals surface area contributed by atoms with Crippen molar-refractivity contribution >= 4 is 17.2 Å². The number of hydrogen-bond acceptors (Lipinski definition) is 3. The summed E-state index contributed by atoms with van der Waals surface area (Å²) in [5.41, 5.74) is -0.371. The van der Waals surface area contributed by atoms with Crippen LogP contribution in [0.3, 0.4) is 0 Å². The van der Waals surface area contributed by atoms with E-state index in [0.717, 1.165) is 0 Å². The SMILES string of the molecule is CC(C)(C)C(=O)NCC(c1cccs1)n1cccn1. The first kappa shape index (κ1) is 13.8. The van der Waals surface area contributed by atoms with Crippen molar-refractivity contribution < 1.29 is 4.79 Å². The van der Waals surface area contributed by atoms with Gasteiger partial charge in [0.25, 0.3) is 0 Å². The highest BCUT2D eigenvalue weighted by Gasteiger charge is 2.23. The lowest BCUT2D eigenvalue weighted by molar-refractivity contribution is -0.128. The summed E-state index contributed by atoms with van der Waals surface area (Å²) in [6.07, 6.45) is 3.68. The molecule has 102 valence electrons. The molecule has 0 spiro atoms. The first-order valence-corrected chi connectivity index (χ1v) is 7.17. The van der Waals surface area contributed by atoms with E-state index in [1.807, 2.05) is 49.2 Å². The van der Waals surface area contributed by atoms with E-state index in [1.54, 1.807) is 17.5 Å². The maximum Gasteiger partial charge on any atom is 0.225 e. The van der Waals surface area contributed by atoms with Crippen molar-refractivity contribution in [3.8, 4) is 0 Å². The van der Waals surface area contributed by atoms with Gasteiger partial charge in [0.2, 0.25) is 5.91 Å². The van der Waals surface area contributed by atoms with E-state index < -0.39 is 0 Å². The Morgan fingerprint density at radius 2 is 2.26 bits per heavy atom. The Kier molecular flexibility index (Phi) is 4.04. The van der Waals surface area contributed by atoms with Crippen molar-refractivity contribution in [2.24, 2.45) is 5.41 Å². The third-order valence-electron chi connectivity index (χ3n) is 2.85. The molecule has 2 rings (SSSR count). The zero-order valence-corrected chi connectivity index (χ0v) is 12.3. The number of thiophene rings is 1. The Bertz CT molecular complexity index is 477. The molecule has 0 aliphatic rings. The third kappa shape index (κ3) is 3.44. The van der Waals surface area contributed by atoms with Crippen LogP contribution in [0.25, 0.3) is 0 Å². The lowest BCUT2D eigenvalue weighted by atomic mass is 9.95. The average molecular weight is 277 g/mol. The highest BCUT2D eigenvalue weighted by molar-refractivity contribution is 7.10. The number of carbonyl (C=O) groups is 1. The Morgan fingerprint density at radius 3 is 2.79 bits per heavy atom. The normalized spacial score (nSPS) is 13.2. The number of aromatic nitrogens is 2.